The van der Waals surface area contributed by atoms with Gasteiger partial charge in [0.2, 0.25) is 0 Å². The van der Waals surface area contributed by atoms with E-state index in [0.717, 1.165) is 30.5 Å². The van der Waals surface area contributed by atoms with Gasteiger partial charge < -0.3 is 34.7 Å². The van der Waals surface area contributed by atoms with E-state index in [0.29, 0.717) is 37.3 Å². The Hall–Kier alpha value is -3.37. The highest BCUT2D eigenvalue weighted by Crippen LogP contribution is 2.29. The highest BCUT2D eigenvalue weighted by Gasteiger charge is 2.37. The number of rotatable bonds is 9. The zero-order valence-corrected chi connectivity index (χ0v) is 23.4. The van der Waals surface area contributed by atoms with Crippen LogP contribution < -0.4 is 10.6 Å². The molecule has 0 bridgehead atoms. The number of likely N-dealkylation sites (tertiary alicyclic amines) is 1. The van der Waals surface area contributed by atoms with Gasteiger partial charge in [-0.25, -0.2) is 4.79 Å². The first-order chi connectivity index (χ1) is 19.1. The fraction of sp³-hybridized carbons (Fsp3) is 0.536. The quantitative estimate of drug-likeness (QED) is 0.209. The molecule has 1 aromatic carbocycles. The standard InChI is InChI=1S/C28H38BN5O6/c1-19(28(2,3)33-11-13-39-14-12-33)23(16-30)26(35)34-10-6-7-21(34)17-31-27(36)32-25(29(37)38)15-20-18-40-24-9-5-4-8-22(20)24/h4-5,8-9,18,21,25,37-38H,6-7,10-15,17H2,1-3H3,(H2,31,32,36)/b23-19-/t21-,25+/m1/s1. The second-order valence-electron chi connectivity index (χ2n) is 10.9. The first kappa shape index (κ1) is 29.6. The first-order valence-electron chi connectivity index (χ1n) is 13.7. The summed E-state index contributed by atoms with van der Waals surface area (Å²) in [4.78, 5) is 30.2. The van der Waals surface area contributed by atoms with Crippen LogP contribution in [0.4, 0.5) is 4.79 Å². The van der Waals surface area contributed by atoms with E-state index in [1.54, 1.807) is 11.2 Å². The maximum Gasteiger partial charge on any atom is 0.475 e. The second kappa shape index (κ2) is 12.9. The van der Waals surface area contributed by atoms with E-state index < -0.39 is 24.6 Å². The number of morpholine rings is 1. The Morgan fingerprint density at radius 3 is 2.65 bits per heavy atom. The number of urea groups is 1. The molecular formula is C28H38BN5O6. The number of hydrogen-bond acceptors (Lipinski definition) is 8. The molecule has 40 heavy (non-hydrogen) atoms. The molecule has 2 aromatic rings. The SMILES string of the molecule is C/C(=C(\C#N)C(=O)N1CCC[C@@H]1CNC(=O)N[C@@H](Cc1coc2ccccc12)B(O)O)C(C)(C)N1CCOCC1. The van der Waals surface area contributed by atoms with E-state index in [9.17, 15) is 24.9 Å². The molecule has 0 unspecified atom stereocenters. The van der Waals surface area contributed by atoms with Crippen molar-refractivity contribution in [3.8, 4) is 6.07 Å². The van der Waals surface area contributed by atoms with Gasteiger partial charge in [-0.1, -0.05) is 18.2 Å². The van der Waals surface area contributed by atoms with Crippen molar-refractivity contribution in [1.82, 2.24) is 20.4 Å². The normalized spacial score (nSPS) is 19.6. The molecule has 0 aliphatic carbocycles. The lowest BCUT2D eigenvalue weighted by Crippen LogP contribution is -2.53. The van der Waals surface area contributed by atoms with Gasteiger partial charge in [-0.3, -0.25) is 9.69 Å². The average Bonchev–Trinajstić information content (AvgIpc) is 3.59. The number of ether oxygens (including phenoxy) is 1. The predicted molar refractivity (Wildman–Crippen MR) is 150 cm³/mol. The summed E-state index contributed by atoms with van der Waals surface area (Å²) in [7, 11) is -1.79. The molecule has 3 heterocycles. The van der Waals surface area contributed by atoms with E-state index in [1.165, 1.54) is 0 Å². The van der Waals surface area contributed by atoms with Gasteiger partial charge in [-0.15, -0.1) is 0 Å². The number of nitrogens with zero attached hydrogens (tertiary/aromatic N) is 3. The van der Waals surface area contributed by atoms with E-state index >= 15 is 0 Å². The number of benzene rings is 1. The minimum atomic E-state index is -1.79. The second-order valence-corrected chi connectivity index (χ2v) is 10.9. The van der Waals surface area contributed by atoms with Gasteiger partial charge in [0, 0.05) is 43.1 Å². The number of hydrogen-bond donors (Lipinski definition) is 4. The van der Waals surface area contributed by atoms with Crippen molar-refractivity contribution in [2.24, 2.45) is 0 Å². The molecule has 0 radical (unpaired) electrons. The van der Waals surface area contributed by atoms with Crippen LogP contribution in [0, 0.1) is 11.3 Å². The molecule has 2 aliphatic rings. The van der Waals surface area contributed by atoms with E-state index in [1.807, 2.05) is 45.0 Å². The van der Waals surface area contributed by atoms with Crippen LogP contribution in [0.15, 0.2) is 46.1 Å². The number of amides is 3. The monoisotopic (exact) mass is 551 g/mol. The zero-order valence-electron chi connectivity index (χ0n) is 23.4. The molecule has 11 nitrogen and oxygen atoms in total. The smallest absolute Gasteiger partial charge is 0.464 e. The predicted octanol–water partition coefficient (Wildman–Crippen LogP) is 1.60. The summed E-state index contributed by atoms with van der Waals surface area (Å²) in [5.74, 6) is -1.30. The number of carbonyl (C=O) groups excluding carboxylic acids is 2. The van der Waals surface area contributed by atoms with Crippen molar-refractivity contribution in [2.45, 2.75) is 57.6 Å². The Morgan fingerprint density at radius 1 is 1.23 bits per heavy atom. The van der Waals surface area contributed by atoms with Gasteiger partial charge >= 0.3 is 13.1 Å². The molecule has 12 heteroatoms. The molecule has 2 fully saturated rings. The molecule has 3 amide bonds. The van der Waals surface area contributed by atoms with Crippen LogP contribution in [-0.2, 0) is 16.0 Å². The fourth-order valence-electron chi connectivity index (χ4n) is 5.51. The minimum absolute atomic E-state index is 0.128. The van der Waals surface area contributed by atoms with Crippen LogP contribution in [0.3, 0.4) is 0 Å². The Bertz CT molecular complexity index is 1280. The van der Waals surface area contributed by atoms with Gasteiger partial charge in [-0.2, -0.15) is 5.26 Å². The van der Waals surface area contributed by atoms with Gasteiger partial charge in [0.1, 0.15) is 17.2 Å². The topological polar surface area (TPSA) is 151 Å². The van der Waals surface area contributed by atoms with Crippen LogP contribution in [0.5, 0.6) is 0 Å². The average molecular weight is 551 g/mol. The third-order valence-corrected chi connectivity index (χ3v) is 8.23. The van der Waals surface area contributed by atoms with Crippen molar-refractivity contribution in [3.05, 3.63) is 47.2 Å². The summed E-state index contributed by atoms with van der Waals surface area (Å²) in [6.45, 7) is 9.22. The van der Waals surface area contributed by atoms with Crippen molar-refractivity contribution in [1.29, 1.82) is 5.26 Å². The van der Waals surface area contributed by atoms with Crippen LogP contribution in [0.25, 0.3) is 11.0 Å². The Labute approximate surface area is 234 Å². The van der Waals surface area contributed by atoms with Crippen LogP contribution >= 0.6 is 0 Å². The molecule has 0 saturated carbocycles. The molecule has 214 valence electrons. The molecule has 4 rings (SSSR count). The van der Waals surface area contributed by atoms with Crippen LogP contribution in [-0.4, -0.2) is 95.8 Å². The highest BCUT2D eigenvalue weighted by molar-refractivity contribution is 6.43. The molecule has 0 spiro atoms. The number of fused-ring (bicyclic) bond motifs is 1. The molecule has 1 aromatic heterocycles. The van der Waals surface area contributed by atoms with Gasteiger partial charge in [-0.05, 0) is 57.2 Å². The Morgan fingerprint density at radius 2 is 1.95 bits per heavy atom. The number of nitrogens with one attached hydrogen (secondary N) is 2. The van der Waals surface area contributed by atoms with Crippen molar-refractivity contribution in [3.63, 3.8) is 0 Å². The minimum Gasteiger partial charge on any atom is -0.464 e. The zero-order chi connectivity index (χ0) is 28.9. The largest absolute Gasteiger partial charge is 0.475 e. The number of para-hydroxylation sites is 1. The third kappa shape index (κ3) is 6.50. The molecule has 2 saturated heterocycles. The van der Waals surface area contributed by atoms with E-state index in [2.05, 4.69) is 21.6 Å². The first-order valence-corrected chi connectivity index (χ1v) is 13.7. The summed E-state index contributed by atoms with van der Waals surface area (Å²) < 4.78 is 11.0. The van der Waals surface area contributed by atoms with E-state index in [4.69, 9.17) is 9.15 Å². The summed E-state index contributed by atoms with van der Waals surface area (Å²) in [6, 6.07) is 8.68. The number of carbonyl (C=O) groups is 2. The van der Waals surface area contributed by atoms with Crippen LogP contribution in [0.2, 0.25) is 0 Å². The molecular weight excluding hydrogens is 513 g/mol. The molecule has 2 atom stereocenters. The lowest BCUT2D eigenvalue weighted by atomic mass is 9.76. The van der Waals surface area contributed by atoms with Gasteiger partial charge in [0.05, 0.1) is 25.4 Å². The molecule has 2 aliphatic heterocycles. The summed E-state index contributed by atoms with van der Waals surface area (Å²) in [5.41, 5.74) is 1.77. The maximum absolute atomic E-state index is 13.6. The van der Waals surface area contributed by atoms with Gasteiger partial charge in [0.25, 0.3) is 5.91 Å². The fourth-order valence-corrected chi connectivity index (χ4v) is 5.51. The van der Waals surface area contributed by atoms with Crippen molar-refractivity contribution in [2.75, 3.05) is 39.4 Å². The van der Waals surface area contributed by atoms with Gasteiger partial charge in [0.15, 0.2) is 0 Å². The lowest BCUT2D eigenvalue weighted by Gasteiger charge is -2.42. The highest BCUT2D eigenvalue weighted by atomic mass is 16.5. The van der Waals surface area contributed by atoms with Crippen LogP contribution in [0.1, 0.15) is 39.2 Å². The lowest BCUT2D eigenvalue weighted by molar-refractivity contribution is -0.127. The summed E-state index contributed by atoms with van der Waals surface area (Å²) in [6.07, 6.45) is 3.15. The van der Waals surface area contributed by atoms with E-state index in [-0.39, 0.29) is 30.5 Å². The molecule has 4 N–H and O–H groups in total. The van der Waals surface area contributed by atoms with Crippen molar-refractivity contribution >= 4 is 30.0 Å². The number of furan rings is 1. The van der Waals surface area contributed by atoms with Crippen molar-refractivity contribution < 1.29 is 28.8 Å². The Kier molecular flexibility index (Phi) is 9.53. The third-order valence-electron chi connectivity index (χ3n) is 8.23. The maximum atomic E-state index is 13.6. The summed E-state index contributed by atoms with van der Waals surface area (Å²) >= 11 is 0. The summed E-state index contributed by atoms with van der Waals surface area (Å²) in [5, 5.41) is 36.0. The Balaban J connectivity index is 1.38. The number of nitriles is 1.